The Kier molecular flexibility index (Phi) is 5.02. The molecule has 0 aromatic carbocycles. The number of nitrogens with zero attached hydrogens (tertiary/aromatic N) is 1. The van der Waals surface area contributed by atoms with Gasteiger partial charge in [0.05, 0.1) is 20.8 Å². The number of carbonyl (C=O) groups is 2. The second kappa shape index (κ2) is 6.78. The smallest absolute Gasteiger partial charge is 0.337 e. The monoisotopic (exact) mass is 361 g/mol. The van der Waals surface area contributed by atoms with Gasteiger partial charge in [0.15, 0.2) is 18.1 Å². The predicted octanol–water partition coefficient (Wildman–Crippen LogP) is -1.06. The summed E-state index contributed by atoms with van der Waals surface area (Å²) < 4.78 is 26.9. The molecule has 10 nitrogen and oxygen atoms in total. The van der Waals surface area contributed by atoms with Crippen molar-refractivity contribution in [2.45, 2.75) is 62.7 Å². The molecule has 6 unspecified atom stereocenters. The molecule has 0 aromatic rings. The molecule has 0 spiro atoms. The van der Waals surface area contributed by atoms with Gasteiger partial charge in [0, 0.05) is 6.42 Å². The van der Waals surface area contributed by atoms with Crippen LogP contribution in [0.3, 0.4) is 0 Å². The van der Waals surface area contributed by atoms with Crippen LogP contribution in [0.5, 0.6) is 0 Å². The third-order valence-electron chi connectivity index (χ3n) is 4.49. The average molecular weight is 361 g/mol. The SMILES string of the molecule is COC(=O)C1CC(C(=O)OC)N(C2OC(CO)C3OC(C)(C)OC32)O1. The Morgan fingerprint density at radius 2 is 1.80 bits per heavy atom. The molecule has 6 atom stereocenters. The van der Waals surface area contributed by atoms with Crippen LogP contribution in [-0.4, -0.2) is 85.4 Å². The average Bonchev–Trinajstić information content (AvgIpc) is 3.23. The quantitative estimate of drug-likeness (QED) is 0.622. The lowest BCUT2D eigenvalue weighted by Gasteiger charge is -2.30. The number of hydrogen-bond acceptors (Lipinski definition) is 10. The summed E-state index contributed by atoms with van der Waals surface area (Å²) in [5, 5.41) is 10.8. The summed E-state index contributed by atoms with van der Waals surface area (Å²) in [5.41, 5.74) is 0. The van der Waals surface area contributed by atoms with E-state index in [0.717, 1.165) is 0 Å². The van der Waals surface area contributed by atoms with Crippen molar-refractivity contribution in [3.8, 4) is 0 Å². The van der Waals surface area contributed by atoms with Gasteiger partial charge in [-0.25, -0.2) is 4.79 Å². The van der Waals surface area contributed by atoms with Crippen molar-refractivity contribution in [2.75, 3.05) is 20.8 Å². The topological polar surface area (TPSA) is 113 Å². The number of carbonyl (C=O) groups excluding carboxylic acids is 2. The first kappa shape index (κ1) is 18.5. The van der Waals surface area contributed by atoms with Crippen molar-refractivity contribution in [2.24, 2.45) is 0 Å². The Balaban J connectivity index is 1.84. The number of hydroxylamine groups is 2. The van der Waals surface area contributed by atoms with Crippen LogP contribution >= 0.6 is 0 Å². The van der Waals surface area contributed by atoms with E-state index in [1.54, 1.807) is 13.8 Å². The van der Waals surface area contributed by atoms with Gasteiger partial charge in [-0.1, -0.05) is 0 Å². The summed E-state index contributed by atoms with van der Waals surface area (Å²) >= 11 is 0. The fourth-order valence-corrected chi connectivity index (χ4v) is 3.43. The number of hydrogen-bond donors (Lipinski definition) is 1. The zero-order valence-corrected chi connectivity index (χ0v) is 14.5. The third-order valence-corrected chi connectivity index (χ3v) is 4.49. The van der Waals surface area contributed by atoms with E-state index in [9.17, 15) is 14.7 Å². The minimum atomic E-state index is -0.959. The number of aliphatic hydroxyl groups is 1. The summed E-state index contributed by atoms with van der Waals surface area (Å²) in [6.45, 7) is 3.21. The zero-order chi connectivity index (χ0) is 18.4. The molecule has 25 heavy (non-hydrogen) atoms. The van der Waals surface area contributed by atoms with E-state index < -0.39 is 54.4 Å². The minimum Gasteiger partial charge on any atom is -0.468 e. The van der Waals surface area contributed by atoms with E-state index in [0.29, 0.717) is 0 Å². The second-order valence-corrected chi connectivity index (χ2v) is 6.56. The lowest BCUT2D eigenvalue weighted by Crippen LogP contribution is -2.49. The van der Waals surface area contributed by atoms with Crippen molar-refractivity contribution < 1.29 is 43.2 Å². The van der Waals surface area contributed by atoms with Crippen LogP contribution in [-0.2, 0) is 38.1 Å². The van der Waals surface area contributed by atoms with Crippen LogP contribution in [0.15, 0.2) is 0 Å². The molecular weight excluding hydrogens is 338 g/mol. The van der Waals surface area contributed by atoms with Crippen LogP contribution in [0.25, 0.3) is 0 Å². The maximum absolute atomic E-state index is 12.1. The third kappa shape index (κ3) is 3.25. The van der Waals surface area contributed by atoms with Crippen LogP contribution in [0.4, 0.5) is 0 Å². The number of esters is 2. The lowest BCUT2D eigenvalue weighted by molar-refractivity contribution is -0.285. The molecule has 0 amide bonds. The first-order valence-corrected chi connectivity index (χ1v) is 8.04. The summed E-state index contributed by atoms with van der Waals surface area (Å²) in [7, 11) is 2.49. The van der Waals surface area contributed by atoms with Crippen molar-refractivity contribution in [1.82, 2.24) is 5.06 Å². The Hall–Kier alpha value is -1.30. The molecule has 0 bridgehead atoms. The van der Waals surface area contributed by atoms with Crippen LogP contribution in [0.1, 0.15) is 20.3 Å². The minimum absolute atomic E-state index is 0.0602. The Bertz CT molecular complexity index is 539. The Labute approximate surface area is 144 Å². The molecule has 3 fully saturated rings. The van der Waals surface area contributed by atoms with Crippen molar-refractivity contribution in [3.05, 3.63) is 0 Å². The highest BCUT2D eigenvalue weighted by molar-refractivity contribution is 5.80. The normalized spacial score (nSPS) is 40.0. The predicted molar refractivity (Wildman–Crippen MR) is 78.7 cm³/mol. The van der Waals surface area contributed by atoms with E-state index in [-0.39, 0.29) is 13.0 Å². The lowest BCUT2D eigenvalue weighted by atomic mass is 10.1. The van der Waals surface area contributed by atoms with Gasteiger partial charge in [0.25, 0.3) is 0 Å². The highest BCUT2D eigenvalue weighted by atomic mass is 16.8. The fourth-order valence-electron chi connectivity index (χ4n) is 3.43. The molecule has 0 aliphatic carbocycles. The van der Waals surface area contributed by atoms with Crippen molar-refractivity contribution in [1.29, 1.82) is 0 Å². The number of fused-ring (bicyclic) bond motifs is 1. The molecule has 142 valence electrons. The van der Waals surface area contributed by atoms with E-state index >= 15 is 0 Å². The molecule has 0 radical (unpaired) electrons. The Morgan fingerprint density at radius 1 is 1.16 bits per heavy atom. The van der Waals surface area contributed by atoms with Crippen LogP contribution < -0.4 is 0 Å². The maximum atomic E-state index is 12.1. The van der Waals surface area contributed by atoms with Gasteiger partial charge in [-0.05, 0) is 13.8 Å². The number of methoxy groups -OCH3 is 2. The first-order valence-electron chi connectivity index (χ1n) is 8.04. The van der Waals surface area contributed by atoms with E-state index in [2.05, 4.69) is 4.74 Å². The first-order chi connectivity index (χ1) is 11.8. The van der Waals surface area contributed by atoms with Crippen molar-refractivity contribution in [3.63, 3.8) is 0 Å². The molecule has 3 heterocycles. The van der Waals surface area contributed by atoms with Crippen LogP contribution in [0, 0.1) is 0 Å². The molecular formula is C15H23NO9. The van der Waals surface area contributed by atoms with E-state index in [1.807, 2.05) is 0 Å². The Morgan fingerprint density at radius 3 is 2.40 bits per heavy atom. The maximum Gasteiger partial charge on any atom is 0.337 e. The second-order valence-electron chi connectivity index (χ2n) is 6.56. The molecule has 3 saturated heterocycles. The summed E-state index contributed by atoms with van der Waals surface area (Å²) in [6.07, 6.45) is -3.51. The van der Waals surface area contributed by atoms with Gasteiger partial charge in [-0.2, -0.15) is 0 Å². The van der Waals surface area contributed by atoms with E-state index in [1.165, 1.54) is 19.3 Å². The summed E-state index contributed by atoms with van der Waals surface area (Å²) in [6, 6.07) is -0.871. The molecule has 3 rings (SSSR count). The highest BCUT2D eigenvalue weighted by Gasteiger charge is 2.60. The molecule has 0 aromatic heterocycles. The number of aliphatic hydroxyl groups excluding tert-OH is 1. The highest BCUT2D eigenvalue weighted by Crippen LogP contribution is 2.42. The molecule has 1 N–H and O–H groups in total. The van der Waals surface area contributed by atoms with Gasteiger partial charge in [-0.15, -0.1) is 5.06 Å². The molecule has 3 aliphatic heterocycles. The molecule has 3 aliphatic rings. The van der Waals surface area contributed by atoms with Gasteiger partial charge < -0.3 is 28.8 Å². The van der Waals surface area contributed by atoms with E-state index in [4.69, 9.17) is 23.8 Å². The number of ether oxygens (including phenoxy) is 5. The zero-order valence-electron chi connectivity index (χ0n) is 14.5. The molecule has 10 heteroatoms. The van der Waals surface area contributed by atoms with Gasteiger partial charge in [0.2, 0.25) is 0 Å². The standard InChI is InChI=1S/C15H23NO9/c1-15(2)23-10-9(6-17)22-12(11(10)24-15)16-7(13(18)20-3)5-8(25-16)14(19)21-4/h7-12,17H,5-6H2,1-4H3. The summed E-state index contributed by atoms with van der Waals surface area (Å²) in [4.78, 5) is 29.6. The largest absolute Gasteiger partial charge is 0.468 e. The molecule has 0 saturated carbocycles. The fraction of sp³-hybridized carbons (Fsp3) is 0.867. The van der Waals surface area contributed by atoms with Gasteiger partial charge in [-0.3, -0.25) is 9.63 Å². The summed E-state index contributed by atoms with van der Waals surface area (Å²) in [5.74, 6) is -2.04. The van der Waals surface area contributed by atoms with Gasteiger partial charge >= 0.3 is 11.9 Å². The van der Waals surface area contributed by atoms with Gasteiger partial charge in [0.1, 0.15) is 24.4 Å². The number of rotatable bonds is 4. The van der Waals surface area contributed by atoms with Crippen LogP contribution in [0.2, 0.25) is 0 Å². The van der Waals surface area contributed by atoms with Crippen molar-refractivity contribution >= 4 is 11.9 Å².